The van der Waals surface area contributed by atoms with Crippen molar-refractivity contribution in [1.82, 2.24) is 14.7 Å². The number of hydrogen-bond acceptors (Lipinski definition) is 4. The van der Waals surface area contributed by atoms with E-state index in [2.05, 4.69) is 28.2 Å². The summed E-state index contributed by atoms with van der Waals surface area (Å²) in [5, 5.41) is 4.48. The van der Waals surface area contributed by atoms with E-state index in [1.165, 1.54) is 0 Å². The largest absolute Gasteiger partial charge is 0.496 e. The van der Waals surface area contributed by atoms with Gasteiger partial charge < -0.3 is 14.5 Å². The zero-order valence-electron chi connectivity index (χ0n) is 16.4. The van der Waals surface area contributed by atoms with Gasteiger partial charge in [0.15, 0.2) is 0 Å². The highest BCUT2D eigenvalue weighted by Gasteiger charge is 2.23. The number of amides is 1. The monoisotopic (exact) mass is 356 g/mol. The van der Waals surface area contributed by atoms with Crippen molar-refractivity contribution in [3.8, 4) is 5.75 Å². The highest BCUT2D eigenvalue weighted by Crippen LogP contribution is 2.25. The van der Waals surface area contributed by atoms with Gasteiger partial charge in [0.2, 0.25) is 5.91 Å². The molecule has 1 saturated heterocycles. The van der Waals surface area contributed by atoms with E-state index in [0.29, 0.717) is 6.54 Å². The first-order valence-corrected chi connectivity index (χ1v) is 9.08. The lowest BCUT2D eigenvalue weighted by Gasteiger charge is -2.36. The molecule has 6 heteroatoms. The molecular formula is C20H28N4O2. The van der Waals surface area contributed by atoms with Crippen molar-refractivity contribution >= 4 is 11.6 Å². The summed E-state index contributed by atoms with van der Waals surface area (Å²) in [6, 6.07) is 6.27. The number of rotatable bonds is 4. The van der Waals surface area contributed by atoms with Crippen LogP contribution >= 0.6 is 0 Å². The molecule has 1 fully saturated rings. The van der Waals surface area contributed by atoms with E-state index in [9.17, 15) is 4.79 Å². The third kappa shape index (κ3) is 3.54. The number of benzene rings is 1. The third-order valence-corrected chi connectivity index (χ3v) is 5.42. The van der Waals surface area contributed by atoms with Crippen LogP contribution in [-0.4, -0.2) is 53.9 Å². The number of methoxy groups -OCH3 is 1. The molecule has 0 unspecified atom stereocenters. The molecular weight excluding hydrogens is 328 g/mol. The topological polar surface area (TPSA) is 50.6 Å². The predicted octanol–water partition coefficient (Wildman–Crippen LogP) is 2.47. The van der Waals surface area contributed by atoms with Crippen LogP contribution in [0.1, 0.15) is 22.5 Å². The van der Waals surface area contributed by atoms with Crippen LogP contribution in [0, 0.1) is 27.7 Å². The molecule has 0 N–H and O–H groups in total. The summed E-state index contributed by atoms with van der Waals surface area (Å²) in [6.45, 7) is 11.5. The SMILES string of the molecule is COc1cc(N2CCN(C(=O)Cn3nc(C)c(C)c3C)CC2)ccc1C. The first kappa shape index (κ1) is 18.3. The van der Waals surface area contributed by atoms with Crippen molar-refractivity contribution in [3.63, 3.8) is 0 Å². The van der Waals surface area contributed by atoms with Crippen LogP contribution in [-0.2, 0) is 11.3 Å². The molecule has 3 rings (SSSR count). The summed E-state index contributed by atoms with van der Waals surface area (Å²) in [5.41, 5.74) is 5.50. The standard InChI is InChI=1S/C20H28N4O2/c1-14-6-7-18(12-19(14)26-5)22-8-10-23(11-9-22)20(25)13-24-17(4)15(2)16(3)21-24/h6-7,12H,8-11,13H2,1-5H3. The van der Waals surface area contributed by atoms with E-state index >= 15 is 0 Å². The van der Waals surface area contributed by atoms with Gasteiger partial charge in [0.25, 0.3) is 0 Å². The molecule has 2 aromatic rings. The molecule has 0 spiro atoms. The van der Waals surface area contributed by atoms with E-state index in [4.69, 9.17) is 4.74 Å². The second-order valence-corrected chi connectivity index (χ2v) is 6.98. The molecule has 0 saturated carbocycles. The van der Waals surface area contributed by atoms with Crippen LogP contribution in [0.15, 0.2) is 18.2 Å². The Morgan fingerprint density at radius 1 is 1.12 bits per heavy atom. The zero-order chi connectivity index (χ0) is 18.8. The minimum atomic E-state index is 0.136. The second-order valence-electron chi connectivity index (χ2n) is 6.98. The number of carbonyl (C=O) groups is 1. The number of hydrogen-bond donors (Lipinski definition) is 0. The van der Waals surface area contributed by atoms with Crippen molar-refractivity contribution in [2.75, 3.05) is 38.2 Å². The highest BCUT2D eigenvalue weighted by molar-refractivity contribution is 5.76. The van der Waals surface area contributed by atoms with Gasteiger partial charge in [-0.1, -0.05) is 6.07 Å². The van der Waals surface area contributed by atoms with Gasteiger partial charge in [-0.05, 0) is 44.9 Å². The lowest BCUT2D eigenvalue weighted by atomic mass is 10.1. The molecule has 140 valence electrons. The molecule has 0 aliphatic carbocycles. The average Bonchev–Trinajstić information content (AvgIpc) is 2.89. The van der Waals surface area contributed by atoms with Crippen LogP contribution in [0.5, 0.6) is 5.75 Å². The summed E-state index contributed by atoms with van der Waals surface area (Å²) in [7, 11) is 1.70. The molecule has 1 aliphatic heterocycles. The Kier molecular flexibility index (Phi) is 5.20. The van der Waals surface area contributed by atoms with E-state index in [-0.39, 0.29) is 5.91 Å². The van der Waals surface area contributed by atoms with E-state index in [1.54, 1.807) is 7.11 Å². The minimum Gasteiger partial charge on any atom is -0.496 e. The van der Waals surface area contributed by atoms with Crippen LogP contribution in [0.25, 0.3) is 0 Å². The Labute approximate surface area is 155 Å². The fourth-order valence-corrected chi connectivity index (χ4v) is 3.39. The minimum absolute atomic E-state index is 0.136. The second kappa shape index (κ2) is 7.40. The van der Waals surface area contributed by atoms with E-state index < -0.39 is 0 Å². The Balaban J connectivity index is 1.61. The van der Waals surface area contributed by atoms with Crippen LogP contribution in [0.3, 0.4) is 0 Å². The maximum atomic E-state index is 12.7. The van der Waals surface area contributed by atoms with Gasteiger partial charge in [-0.25, -0.2) is 0 Å². The number of anilines is 1. The summed E-state index contributed by atoms with van der Waals surface area (Å²) in [6.07, 6.45) is 0. The Morgan fingerprint density at radius 2 is 1.81 bits per heavy atom. The van der Waals surface area contributed by atoms with Crippen molar-refractivity contribution < 1.29 is 9.53 Å². The van der Waals surface area contributed by atoms with Crippen LogP contribution in [0.4, 0.5) is 5.69 Å². The highest BCUT2D eigenvalue weighted by atomic mass is 16.5. The molecule has 26 heavy (non-hydrogen) atoms. The molecule has 1 aliphatic rings. The zero-order valence-corrected chi connectivity index (χ0v) is 16.4. The van der Waals surface area contributed by atoms with Crippen molar-refractivity contribution in [3.05, 3.63) is 40.7 Å². The van der Waals surface area contributed by atoms with E-state index in [1.807, 2.05) is 37.3 Å². The Bertz CT molecular complexity index is 804. The normalized spacial score (nSPS) is 14.7. The number of nitrogens with zero attached hydrogens (tertiary/aromatic N) is 4. The number of piperazine rings is 1. The Morgan fingerprint density at radius 3 is 2.38 bits per heavy atom. The molecule has 0 atom stereocenters. The Hall–Kier alpha value is -2.50. The van der Waals surface area contributed by atoms with Crippen LogP contribution in [0.2, 0.25) is 0 Å². The van der Waals surface area contributed by atoms with Crippen molar-refractivity contribution in [2.45, 2.75) is 34.2 Å². The van der Waals surface area contributed by atoms with Crippen molar-refractivity contribution in [1.29, 1.82) is 0 Å². The first-order chi connectivity index (χ1) is 12.4. The summed E-state index contributed by atoms with van der Waals surface area (Å²) < 4.78 is 7.25. The van der Waals surface area contributed by atoms with Gasteiger partial charge in [-0.3, -0.25) is 9.48 Å². The molecule has 0 radical (unpaired) electrons. The van der Waals surface area contributed by atoms with Crippen molar-refractivity contribution in [2.24, 2.45) is 0 Å². The maximum Gasteiger partial charge on any atom is 0.244 e. The van der Waals surface area contributed by atoms with Crippen LogP contribution < -0.4 is 9.64 Å². The number of carbonyl (C=O) groups excluding carboxylic acids is 1. The molecule has 2 heterocycles. The lowest BCUT2D eigenvalue weighted by Crippen LogP contribution is -2.49. The van der Waals surface area contributed by atoms with Gasteiger partial charge in [-0.2, -0.15) is 5.10 Å². The van der Waals surface area contributed by atoms with Gasteiger partial charge in [0, 0.05) is 43.6 Å². The molecule has 1 amide bonds. The smallest absolute Gasteiger partial charge is 0.244 e. The lowest BCUT2D eigenvalue weighted by molar-refractivity contribution is -0.132. The van der Waals surface area contributed by atoms with Gasteiger partial charge in [-0.15, -0.1) is 0 Å². The molecule has 6 nitrogen and oxygen atoms in total. The summed E-state index contributed by atoms with van der Waals surface area (Å²) in [4.78, 5) is 16.9. The van der Waals surface area contributed by atoms with Gasteiger partial charge >= 0.3 is 0 Å². The number of aromatic nitrogens is 2. The quantitative estimate of drug-likeness (QED) is 0.844. The maximum absolute atomic E-state index is 12.7. The number of aryl methyl sites for hydroxylation is 2. The first-order valence-electron chi connectivity index (χ1n) is 9.08. The van der Waals surface area contributed by atoms with Gasteiger partial charge in [0.1, 0.15) is 12.3 Å². The molecule has 1 aromatic carbocycles. The predicted molar refractivity (Wildman–Crippen MR) is 103 cm³/mol. The summed E-state index contributed by atoms with van der Waals surface area (Å²) >= 11 is 0. The molecule has 0 bridgehead atoms. The third-order valence-electron chi connectivity index (χ3n) is 5.42. The van der Waals surface area contributed by atoms with E-state index in [0.717, 1.165) is 60.1 Å². The number of ether oxygens (including phenoxy) is 1. The fraction of sp³-hybridized carbons (Fsp3) is 0.500. The molecule has 1 aromatic heterocycles. The fourth-order valence-electron chi connectivity index (χ4n) is 3.39. The average molecular weight is 356 g/mol. The summed E-state index contributed by atoms with van der Waals surface area (Å²) in [5.74, 6) is 1.04. The van der Waals surface area contributed by atoms with Gasteiger partial charge in [0.05, 0.1) is 12.8 Å².